The molecule has 0 radical (unpaired) electrons. The number of rotatable bonds is 7. The lowest BCUT2D eigenvalue weighted by atomic mass is 10.1. The predicted molar refractivity (Wildman–Crippen MR) is 148 cm³/mol. The summed E-state index contributed by atoms with van der Waals surface area (Å²) in [7, 11) is 1.71. The van der Waals surface area contributed by atoms with Crippen LogP contribution in [0.3, 0.4) is 0 Å². The number of hydrogen-bond acceptors (Lipinski definition) is 7. The molecule has 0 unspecified atom stereocenters. The molecule has 0 saturated carbocycles. The van der Waals surface area contributed by atoms with E-state index in [9.17, 15) is 22.8 Å². The van der Waals surface area contributed by atoms with Crippen molar-refractivity contribution in [3.8, 4) is 0 Å². The molecule has 3 heterocycles. The van der Waals surface area contributed by atoms with Crippen molar-refractivity contribution in [1.29, 1.82) is 0 Å². The van der Waals surface area contributed by atoms with Crippen LogP contribution in [0.4, 0.5) is 41.1 Å². The normalized spacial score (nSPS) is 16.0. The van der Waals surface area contributed by atoms with Crippen LogP contribution < -0.4 is 20.4 Å². The van der Waals surface area contributed by atoms with Crippen molar-refractivity contribution < 1.29 is 27.5 Å². The third kappa shape index (κ3) is 6.25. The van der Waals surface area contributed by atoms with Crippen molar-refractivity contribution in [3.05, 3.63) is 70.9 Å². The summed E-state index contributed by atoms with van der Waals surface area (Å²) in [4.78, 5) is 41.1. The molecule has 5 rings (SSSR count). The minimum atomic E-state index is -4.57. The molecular formula is C28H30F3N7O3. The molecule has 0 spiro atoms. The van der Waals surface area contributed by atoms with Gasteiger partial charge in [0.15, 0.2) is 0 Å². The zero-order valence-corrected chi connectivity index (χ0v) is 22.7. The van der Waals surface area contributed by atoms with Gasteiger partial charge in [-0.3, -0.25) is 19.5 Å². The van der Waals surface area contributed by atoms with Gasteiger partial charge in [-0.2, -0.15) is 18.2 Å². The average Bonchev–Trinajstić information content (AvgIpc) is 2.97. The molecule has 0 bridgehead atoms. The van der Waals surface area contributed by atoms with Gasteiger partial charge in [-0.25, -0.2) is 9.78 Å². The highest BCUT2D eigenvalue weighted by Crippen LogP contribution is 2.34. The number of aryl methyl sites for hydroxylation is 1. The van der Waals surface area contributed by atoms with Crippen LogP contribution >= 0.6 is 0 Å². The summed E-state index contributed by atoms with van der Waals surface area (Å²) >= 11 is 0. The number of hydrogen-bond donors (Lipinski definition) is 2. The molecule has 1 aromatic heterocycles. The zero-order valence-electron chi connectivity index (χ0n) is 22.7. The maximum absolute atomic E-state index is 13.9. The number of nitrogens with one attached hydrogen (secondary N) is 2. The number of carbonyl (C=O) groups is 2. The van der Waals surface area contributed by atoms with E-state index in [1.807, 2.05) is 6.92 Å². The van der Waals surface area contributed by atoms with E-state index >= 15 is 0 Å². The number of halogens is 3. The Hall–Kier alpha value is -4.23. The highest BCUT2D eigenvalue weighted by Gasteiger charge is 2.34. The lowest BCUT2D eigenvalue weighted by Gasteiger charge is -2.38. The Bertz CT molecular complexity index is 1440. The Balaban J connectivity index is 1.41. The van der Waals surface area contributed by atoms with Gasteiger partial charge in [0.05, 0.1) is 31.0 Å². The topological polar surface area (TPSA) is 103 Å². The maximum Gasteiger partial charge on any atom is 0.416 e. The first kappa shape index (κ1) is 28.3. The van der Waals surface area contributed by atoms with E-state index < -0.39 is 17.6 Å². The molecule has 0 atom stereocenters. The number of ether oxygens (including phenoxy) is 1. The van der Waals surface area contributed by atoms with Crippen LogP contribution in [0.5, 0.6) is 0 Å². The van der Waals surface area contributed by atoms with E-state index in [2.05, 4.69) is 25.5 Å². The second kappa shape index (κ2) is 11.7. The third-order valence-electron chi connectivity index (χ3n) is 7.06. The molecule has 1 saturated heterocycles. The fourth-order valence-corrected chi connectivity index (χ4v) is 4.81. The third-order valence-corrected chi connectivity index (χ3v) is 7.06. The second-order valence-electron chi connectivity index (χ2n) is 9.80. The summed E-state index contributed by atoms with van der Waals surface area (Å²) in [6.45, 7) is 5.91. The minimum Gasteiger partial charge on any atom is -0.379 e. The number of carbonyl (C=O) groups excluding carboxylic acids is 2. The van der Waals surface area contributed by atoms with Crippen LogP contribution in [0.1, 0.15) is 27.0 Å². The van der Waals surface area contributed by atoms with Gasteiger partial charge in [0.25, 0.3) is 5.91 Å². The Kier molecular flexibility index (Phi) is 8.08. The standard InChI is InChI=1S/C28H30F3N7O3/c1-18-6-7-22(34-25(39)19-4-3-5-21(14-19)28(29,30)31)15-23(18)38-17-20-16-33-26(32-2)35-24(20)37(27(38)40)9-8-36-10-12-41-13-11-36/h3-7,14-16H,8-13,17H2,1-2H3,(H,34,39)(H,32,33,35). The van der Waals surface area contributed by atoms with Crippen LogP contribution in [0, 0.1) is 6.92 Å². The number of urea groups is 1. The minimum absolute atomic E-state index is 0.128. The first-order valence-electron chi connectivity index (χ1n) is 13.2. The Morgan fingerprint density at radius 3 is 2.61 bits per heavy atom. The predicted octanol–water partition coefficient (Wildman–Crippen LogP) is 4.38. The zero-order chi connectivity index (χ0) is 29.1. The highest BCUT2D eigenvalue weighted by atomic mass is 19.4. The molecule has 41 heavy (non-hydrogen) atoms. The van der Waals surface area contributed by atoms with Crippen LogP contribution in [0.15, 0.2) is 48.7 Å². The summed E-state index contributed by atoms with van der Waals surface area (Å²) < 4.78 is 44.9. The van der Waals surface area contributed by atoms with Gasteiger partial charge >= 0.3 is 12.2 Å². The first-order valence-corrected chi connectivity index (χ1v) is 13.2. The quantitative estimate of drug-likeness (QED) is 0.436. The van der Waals surface area contributed by atoms with Gasteiger partial charge in [0, 0.05) is 56.2 Å². The molecule has 2 aliphatic rings. The van der Waals surface area contributed by atoms with Gasteiger partial charge in [0.2, 0.25) is 5.95 Å². The molecule has 216 valence electrons. The van der Waals surface area contributed by atoms with Gasteiger partial charge in [-0.15, -0.1) is 0 Å². The average molecular weight is 570 g/mol. The number of morpholine rings is 1. The molecule has 10 nitrogen and oxygen atoms in total. The summed E-state index contributed by atoms with van der Waals surface area (Å²) in [6, 6.07) is 8.98. The summed E-state index contributed by atoms with van der Waals surface area (Å²) in [5, 5.41) is 5.58. The molecular weight excluding hydrogens is 539 g/mol. The fourth-order valence-electron chi connectivity index (χ4n) is 4.81. The summed E-state index contributed by atoms with van der Waals surface area (Å²) in [5.41, 5.74) is 1.39. The van der Waals surface area contributed by atoms with Crippen molar-refractivity contribution in [1.82, 2.24) is 14.9 Å². The first-order chi connectivity index (χ1) is 19.6. The van der Waals surface area contributed by atoms with E-state index in [1.165, 1.54) is 12.1 Å². The van der Waals surface area contributed by atoms with Crippen LogP contribution in [0.25, 0.3) is 0 Å². The lowest BCUT2D eigenvalue weighted by Crippen LogP contribution is -2.51. The van der Waals surface area contributed by atoms with Crippen molar-refractivity contribution in [2.24, 2.45) is 0 Å². The monoisotopic (exact) mass is 569 g/mol. The van der Waals surface area contributed by atoms with Gasteiger partial charge in [0.1, 0.15) is 5.82 Å². The number of amides is 3. The summed E-state index contributed by atoms with van der Waals surface area (Å²) in [5.74, 6) is 0.240. The lowest BCUT2D eigenvalue weighted by molar-refractivity contribution is -0.137. The van der Waals surface area contributed by atoms with Crippen molar-refractivity contribution in [3.63, 3.8) is 0 Å². The highest BCUT2D eigenvalue weighted by molar-refractivity contribution is 6.07. The maximum atomic E-state index is 13.9. The number of aromatic nitrogens is 2. The van der Waals surface area contributed by atoms with E-state index in [1.54, 1.807) is 41.2 Å². The van der Waals surface area contributed by atoms with E-state index in [0.717, 1.165) is 36.3 Å². The number of benzene rings is 2. The van der Waals surface area contributed by atoms with Crippen molar-refractivity contribution >= 4 is 35.1 Å². The number of fused-ring (bicyclic) bond motifs is 1. The number of alkyl halides is 3. The van der Waals surface area contributed by atoms with E-state index in [4.69, 9.17) is 4.74 Å². The van der Waals surface area contributed by atoms with Crippen LogP contribution in [-0.2, 0) is 17.5 Å². The second-order valence-corrected chi connectivity index (χ2v) is 9.80. The largest absolute Gasteiger partial charge is 0.416 e. The number of anilines is 4. The number of nitrogens with zero attached hydrogens (tertiary/aromatic N) is 5. The van der Waals surface area contributed by atoms with Gasteiger partial charge in [-0.05, 0) is 42.8 Å². The molecule has 2 aliphatic heterocycles. The van der Waals surface area contributed by atoms with Gasteiger partial charge < -0.3 is 15.4 Å². The molecule has 1 fully saturated rings. The molecule has 0 aliphatic carbocycles. The molecule has 2 N–H and O–H groups in total. The molecule has 2 aromatic carbocycles. The SMILES string of the molecule is CNc1ncc2c(n1)N(CCN1CCOCC1)C(=O)N(c1cc(NC(=O)c3cccc(C(F)(F)F)c3)ccc1C)C2. The van der Waals surface area contributed by atoms with Crippen LogP contribution in [0.2, 0.25) is 0 Å². The van der Waals surface area contributed by atoms with E-state index in [-0.39, 0.29) is 18.1 Å². The Labute approximate surface area is 235 Å². The molecule has 3 amide bonds. The van der Waals surface area contributed by atoms with Crippen molar-refractivity contribution in [2.75, 3.05) is 66.9 Å². The fraction of sp³-hybridized carbons (Fsp3) is 0.357. The Morgan fingerprint density at radius 2 is 1.88 bits per heavy atom. The Morgan fingerprint density at radius 1 is 1.10 bits per heavy atom. The van der Waals surface area contributed by atoms with E-state index in [0.29, 0.717) is 49.4 Å². The van der Waals surface area contributed by atoms with Crippen LogP contribution in [-0.4, -0.2) is 73.2 Å². The molecule has 13 heteroatoms. The van der Waals surface area contributed by atoms with Gasteiger partial charge in [-0.1, -0.05) is 12.1 Å². The van der Waals surface area contributed by atoms with Crippen molar-refractivity contribution in [2.45, 2.75) is 19.6 Å². The molecule has 3 aromatic rings. The summed E-state index contributed by atoms with van der Waals surface area (Å²) in [6.07, 6.45) is -2.88. The smallest absolute Gasteiger partial charge is 0.379 e.